The average molecular weight is 889 g/mol. The molecule has 0 spiro atoms. The number of aliphatic imine (C=N–C) groups is 2. The Bertz CT molecular complexity index is 3730. The van der Waals surface area contributed by atoms with Gasteiger partial charge in [0.05, 0.1) is 33.5 Å². The molecule has 0 fully saturated rings. The van der Waals surface area contributed by atoms with E-state index in [4.69, 9.17) is 9.98 Å². The van der Waals surface area contributed by atoms with Gasteiger partial charge in [-0.3, -0.25) is 0 Å². The highest BCUT2D eigenvalue weighted by molar-refractivity contribution is 6.15. The van der Waals surface area contributed by atoms with Gasteiger partial charge in [0.1, 0.15) is 0 Å². The van der Waals surface area contributed by atoms with Gasteiger partial charge in [0.15, 0.2) is 5.84 Å². The van der Waals surface area contributed by atoms with Crippen molar-refractivity contribution in [2.24, 2.45) is 9.98 Å². The molecule has 4 nitrogen and oxygen atoms in total. The molecule has 0 saturated heterocycles. The highest BCUT2D eigenvalue weighted by Gasteiger charge is 2.20. The van der Waals surface area contributed by atoms with Crippen LogP contribution in [0.25, 0.3) is 82.9 Å². The molecule has 3 heterocycles. The molecule has 2 aromatic heterocycles. The van der Waals surface area contributed by atoms with Crippen molar-refractivity contribution < 1.29 is 0 Å². The number of nitrogens with zero attached hydrogens (tertiary/aromatic N) is 4. The fraction of sp³-hybridized carbons (Fsp3) is 0.108. The lowest BCUT2D eigenvalue weighted by atomic mass is 9.93. The molecule has 0 atom stereocenters. The summed E-state index contributed by atoms with van der Waals surface area (Å²) in [7, 11) is 0. The van der Waals surface area contributed by atoms with E-state index in [1.807, 2.05) is 6.07 Å². The second kappa shape index (κ2) is 17.4. The molecular formula is C65H52N4. The van der Waals surface area contributed by atoms with Crippen LogP contribution in [0, 0.1) is 27.7 Å². The lowest BCUT2D eigenvalue weighted by Crippen LogP contribution is -2.07. The summed E-state index contributed by atoms with van der Waals surface area (Å²) in [5.41, 5.74) is 22.5. The van der Waals surface area contributed by atoms with Crippen molar-refractivity contribution in [3.05, 3.63) is 245 Å². The van der Waals surface area contributed by atoms with Crippen molar-refractivity contribution in [2.75, 3.05) is 0 Å². The molecule has 69 heavy (non-hydrogen) atoms. The van der Waals surface area contributed by atoms with E-state index < -0.39 is 0 Å². The number of benzene rings is 9. The van der Waals surface area contributed by atoms with Crippen LogP contribution in [-0.2, 0) is 0 Å². The van der Waals surface area contributed by atoms with E-state index >= 15 is 0 Å². The van der Waals surface area contributed by atoms with Crippen LogP contribution in [0.3, 0.4) is 0 Å². The maximum atomic E-state index is 5.35. The third-order valence-electron chi connectivity index (χ3n) is 14.2. The summed E-state index contributed by atoms with van der Waals surface area (Å²) in [5, 5.41) is 4.94. The minimum atomic E-state index is 0.733. The zero-order chi connectivity index (χ0) is 46.6. The SMILES string of the molecule is Cc1cccc(C)c1-c1ccc2c(c1)c1cc(-c3c(C)cccc3C)ccc1n2-c1ccc2c(c1)c1ccccc1n2-c1ccc(C2=NC(c3ccccc3)=N/C(c3ccccc3)=C\CCC2)cc1. The molecule has 332 valence electrons. The number of para-hydroxylation sites is 1. The van der Waals surface area contributed by atoms with Gasteiger partial charge in [0.2, 0.25) is 0 Å². The molecule has 0 radical (unpaired) electrons. The predicted octanol–water partition coefficient (Wildman–Crippen LogP) is 16.9. The monoisotopic (exact) mass is 888 g/mol. The molecule has 1 aliphatic rings. The number of fused-ring (bicyclic) bond motifs is 6. The molecular weight excluding hydrogens is 837 g/mol. The lowest BCUT2D eigenvalue weighted by molar-refractivity contribution is 0.895. The molecule has 11 aromatic rings. The molecule has 9 aromatic carbocycles. The van der Waals surface area contributed by atoms with Gasteiger partial charge in [0, 0.05) is 38.5 Å². The van der Waals surface area contributed by atoms with Crippen LogP contribution in [0.15, 0.2) is 216 Å². The molecule has 4 heteroatoms. The van der Waals surface area contributed by atoms with Gasteiger partial charge >= 0.3 is 0 Å². The summed E-state index contributed by atoms with van der Waals surface area (Å²) in [5.74, 6) is 0.733. The first-order valence-corrected chi connectivity index (χ1v) is 24.2. The number of hydrogen-bond donors (Lipinski definition) is 0. The quantitative estimate of drug-likeness (QED) is 0.153. The summed E-state index contributed by atoms with van der Waals surface area (Å²) >= 11 is 0. The van der Waals surface area contributed by atoms with Crippen LogP contribution in [-0.4, -0.2) is 20.7 Å². The number of aryl methyl sites for hydroxylation is 4. The van der Waals surface area contributed by atoms with Gasteiger partial charge in [-0.1, -0.05) is 146 Å². The molecule has 0 N–H and O–H groups in total. The summed E-state index contributed by atoms with van der Waals surface area (Å²) in [4.78, 5) is 10.6. The van der Waals surface area contributed by atoms with Crippen molar-refractivity contribution in [1.82, 2.24) is 9.13 Å². The fourth-order valence-corrected chi connectivity index (χ4v) is 10.9. The Hall–Kier alpha value is -8.34. The minimum absolute atomic E-state index is 0.733. The molecule has 0 unspecified atom stereocenters. The van der Waals surface area contributed by atoms with Crippen molar-refractivity contribution in [1.29, 1.82) is 0 Å². The average Bonchev–Trinajstić information content (AvgIpc) is 3.92. The Kier molecular flexibility index (Phi) is 10.6. The van der Waals surface area contributed by atoms with Crippen molar-refractivity contribution in [3.8, 4) is 33.6 Å². The number of hydrogen-bond acceptors (Lipinski definition) is 2. The Morgan fingerprint density at radius 2 is 0.841 bits per heavy atom. The molecule has 1 aliphatic heterocycles. The standard InChI is InChI=1S/C65H52N4/c1-42-17-15-18-43(2)63(42)49-31-36-60-54(39-49)55-40-50(64-44(3)19-16-20-45(64)4)32-37-61(55)69(60)52-35-38-62-56(41-52)53-25-11-14-28-59(53)68(62)51-33-29-47(30-34-51)58-27-13-12-26-57(46-21-7-5-8-22-46)66-65(67-58)48-23-9-6-10-24-48/h5-11,14-26,28-41H,12-13,27H2,1-4H3/b57-26-,66-65?,67-58?. The van der Waals surface area contributed by atoms with E-state index in [1.54, 1.807) is 0 Å². The first-order valence-electron chi connectivity index (χ1n) is 24.2. The zero-order valence-corrected chi connectivity index (χ0v) is 39.5. The molecule has 0 saturated carbocycles. The van der Waals surface area contributed by atoms with E-state index in [-0.39, 0.29) is 0 Å². The van der Waals surface area contributed by atoms with E-state index in [0.717, 1.165) is 64.6 Å². The van der Waals surface area contributed by atoms with Crippen LogP contribution in [0.2, 0.25) is 0 Å². The number of allylic oxidation sites excluding steroid dienone is 1. The van der Waals surface area contributed by atoms with Crippen molar-refractivity contribution in [2.45, 2.75) is 47.0 Å². The van der Waals surface area contributed by atoms with Crippen LogP contribution >= 0.6 is 0 Å². The van der Waals surface area contributed by atoms with E-state index in [2.05, 4.69) is 237 Å². The number of amidine groups is 1. The fourth-order valence-electron chi connectivity index (χ4n) is 10.9. The Balaban J connectivity index is 0.980. The van der Waals surface area contributed by atoms with Crippen LogP contribution in [0.4, 0.5) is 0 Å². The molecule has 0 aliphatic carbocycles. The van der Waals surface area contributed by atoms with E-state index in [9.17, 15) is 0 Å². The first-order chi connectivity index (χ1) is 33.9. The maximum absolute atomic E-state index is 5.35. The Morgan fingerprint density at radius 3 is 1.45 bits per heavy atom. The van der Waals surface area contributed by atoms with Gasteiger partial charge in [-0.2, -0.15) is 0 Å². The lowest BCUT2D eigenvalue weighted by Gasteiger charge is -2.13. The van der Waals surface area contributed by atoms with Gasteiger partial charge < -0.3 is 9.13 Å². The minimum Gasteiger partial charge on any atom is -0.309 e. The second-order valence-electron chi connectivity index (χ2n) is 18.6. The third-order valence-corrected chi connectivity index (χ3v) is 14.2. The van der Waals surface area contributed by atoms with Crippen molar-refractivity contribution in [3.63, 3.8) is 0 Å². The van der Waals surface area contributed by atoms with Gasteiger partial charge in [-0.05, 0) is 163 Å². The topological polar surface area (TPSA) is 34.6 Å². The van der Waals surface area contributed by atoms with Crippen molar-refractivity contribution >= 4 is 60.9 Å². The summed E-state index contributed by atoms with van der Waals surface area (Å²) < 4.78 is 4.88. The predicted molar refractivity (Wildman–Crippen MR) is 293 cm³/mol. The van der Waals surface area contributed by atoms with E-state index in [1.165, 1.54) is 88.1 Å². The summed E-state index contributed by atoms with van der Waals surface area (Å²) in [6.07, 6.45) is 5.02. The normalized spacial score (nSPS) is 14.1. The number of rotatable bonds is 7. The van der Waals surface area contributed by atoms with E-state index in [0.29, 0.717) is 0 Å². The van der Waals surface area contributed by atoms with Gasteiger partial charge in [0.25, 0.3) is 0 Å². The first kappa shape index (κ1) is 42.0. The largest absolute Gasteiger partial charge is 0.309 e. The summed E-state index contributed by atoms with van der Waals surface area (Å²) in [6, 6.07) is 73.0. The zero-order valence-electron chi connectivity index (χ0n) is 39.5. The molecule has 12 rings (SSSR count). The highest BCUT2D eigenvalue weighted by Crippen LogP contribution is 2.41. The third kappa shape index (κ3) is 7.50. The second-order valence-corrected chi connectivity index (χ2v) is 18.6. The maximum Gasteiger partial charge on any atom is 0.160 e. The van der Waals surface area contributed by atoms with Gasteiger partial charge in [-0.15, -0.1) is 0 Å². The van der Waals surface area contributed by atoms with Crippen LogP contribution in [0.1, 0.15) is 58.2 Å². The van der Waals surface area contributed by atoms with Gasteiger partial charge in [-0.25, -0.2) is 9.98 Å². The molecule has 0 amide bonds. The van der Waals surface area contributed by atoms with Crippen LogP contribution < -0.4 is 0 Å². The smallest absolute Gasteiger partial charge is 0.160 e. The van der Waals surface area contributed by atoms with Crippen LogP contribution in [0.5, 0.6) is 0 Å². The Labute approximate surface area is 403 Å². The summed E-state index contributed by atoms with van der Waals surface area (Å²) in [6.45, 7) is 8.89. The molecule has 0 bridgehead atoms. The Morgan fingerprint density at radius 1 is 0.362 bits per heavy atom. The highest BCUT2D eigenvalue weighted by atomic mass is 15.0. The number of aromatic nitrogens is 2.